The Morgan fingerprint density at radius 3 is 2.24 bits per heavy atom. The number of ether oxygens (including phenoxy) is 2. The predicted octanol–water partition coefficient (Wildman–Crippen LogP) is 7.74. The molecular formula is C43H49Cl2N7O7. The monoisotopic (exact) mass is 845 g/mol. The van der Waals surface area contributed by atoms with Gasteiger partial charge >= 0.3 is 12.1 Å². The Morgan fingerprint density at radius 2 is 1.54 bits per heavy atom. The lowest BCUT2D eigenvalue weighted by molar-refractivity contribution is -0.120. The molecule has 0 saturated carbocycles. The van der Waals surface area contributed by atoms with Crippen LogP contribution in [0.25, 0.3) is 5.69 Å². The van der Waals surface area contributed by atoms with Gasteiger partial charge in [0.2, 0.25) is 5.91 Å². The number of pyridine rings is 1. The quantitative estimate of drug-likeness (QED) is 0.0799. The second kappa shape index (κ2) is 18.7. The molecule has 16 heteroatoms. The molecule has 5 N–H and O–H groups in total. The maximum atomic E-state index is 13.5. The molecular weight excluding hydrogens is 797 g/mol. The van der Waals surface area contributed by atoms with Crippen molar-refractivity contribution in [3.8, 4) is 17.2 Å². The molecule has 0 spiro atoms. The summed E-state index contributed by atoms with van der Waals surface area (Å²) in [6.07, 6.45) is -0.679. The second-order valence-electron chi connectivity index (χ2n) is 15.9. The number of rotatable bonds is 13. The van der Waals surface area contributed by atoms with Gasteiger partial charge in [-0.15, -0.1) is 0 Å². The maximum Gasteiger partial charge on any atom is 0.408 e. The van der Waals surface area contributed by atoms with Crippen molar-refractivity contribution >= 4 is 47.1 Å². The average Bonchev–Trinajstić information content (AvgIpc) is 3.60. The average molecular weight is 847 g/mol. The van der Waals surface area contributed by atoms with E-state index >= 15 is 0 Å². The number of nitrogens with one attached hydrogen (secondary N) is 4. The Hall–Kier alpha value is -5.99. The van der Waals surface area contributed by atoms with Crippen LogP contribution in [0.1, 0.15) is 75.2 Å². The third-order valence-electron chi connectivity index (χ3n) is 8.87. The number of aromatic nitrogens is 3. The van der Waals surface area contributed by atoms with Gasteiger partial charge in [0, 0.05) is 36.3 Å². The lowest BCUT2D eigenvalue weighted by Crippen LogP contribution is -2.39. The van der Waals surface area contributed by atoms with E-state index in [1.54, 1.807) is 61.2 Å². The molecule has 59 heavy (non-hydrogen) atoms. The van der Waals surface area contributed by atoms with Gasteiger partial charge in [0.05, 0.1) is 22.9 Å². The minimum Gasteiger partial charge on any atom is -0.506 e. The van der Waals surface area contributed by atoms with Crippen molar-refractivity contribution in [2.75, 3.05) is 11.9 Å². The number of nitrogens with zero attached hydrogens (tertiary/aromatic N) is 3. The van der Waals surface area contributed by atoms with Crippen LogP contribution in [0.4, 0.5) is 15.4 Å². The first kappa shape index (κ1) is 44.1. The fourth-order valence-electron chi connectivity index (χ4n) is 5.79. The van der Waals surface area contributed by atoms with Gasteiger partial charge in [-0.05, 0) is 68.1 Å². The summed E-state index contributed by atoms with van der Waals surface area (Å²) >= 11 is 12.8. The molecule has 14 nitrogen and oxygen atoms in total. The largest absolute Gasteiger partial charge is 0.506 e. The van der Waals surface area contributed by atoms with Crippen LogP contribution >= 0.6 is 23.2 Å². The van der Waals surface area contributed by atoms with Gasteiger partial charge in [-0.1, -0.05) is 92.5 Å². The molecule has 5 aromatic rings. The molecule has 2 heterocycles. The van der Waals surface area contributed by atoms with Gasteiger partial charge in [0.1, 0.15) is 41.1 Å². The molecule has 3 aromatic carbocycles. The Morgan fingerprint density at radius 1 is 0.831 bits per heavy atom. The van der Waals surface area contributed by atoms with Crippen molar-refractivity contribution in [1.29, 1.82) is 0 Å². The highest BCUT2D eigenvalue weighted by molar-refractivity contribution is 6.32. The summed E-state index contributed by atoms with van der Waals surface area (Å²) in [4.78, 5) is 50.9. The normalized spacial score (nSPS) is 11.5. The number of phenolic OH excluding ortho intramolecular Hbond substituents is 1. The van der Waals surface area contributed by atoms with Crippen LogP contribution in [0.2, 0.25) is 10.0 Å². The zero-order valence-electron chi connectivity index (χ0n) is 34.0. The minimum absolute atomic E-state index is 0.0662. The van der Waals surface area contributed by atoms with E-state index in [2.05, 4.69) is 21.3 Å². The summed E-state index contributed by atoms with van der Waals surface area (Å²) in [6.45, 7) is 13.5. The maximum absolute atomic E-state index is 13.5. The summed E-state index contributed by atoms with van der Waals surface area (Å²) in [5.74, 6) is 0.185. The Kier molecular flexibility index (Phi) is 14.0. The number of phenols is 1. The molecule has 312 valence electrons. The first-order chi connectivity index (χ1) is 27.8. The highest BCUT2D eigenvalue weighted by Gasteiger charge is 2.23. The number of hydrogen-bond donors (Lipinski definition) is 5. The number of alkyl carbamates (subject to hydrolysis) is 1. The number of hydrogen-bond acceptors (Lipinski definition) is 8. The first-order valence-electron chi connectivity index (χ1n) is 18.8. The lowest BCUT2D eigenvalue weighted by Gasteiger charge is -2.19. The van der Waals surface area contributed by atoms with E-state index in [1.165, 1.54) is 6.07 Å². The number of benzene rings is 3. The number of aryl methyl sites for hydroxylation is 1. The molecule has 0 aliphatic heterocycles. The highest BCUT2D eigenvalue weighted by Crippen LogP contribution is 2.30. The summed E-state index contributed by atoms with van der Waals surface area (Å²) < 4.78 is 14.3. The van der Waals surface area contributed by atoms with Crippen LogP contribution < -0.4 is 31.6 Å². The number of aromatic hydroxyl groups is 1. The molecule has 5 rings (SSSR count). The Bertz CT molecular complexity index is 2400. The fraction of sp³-hybridized carbons (Fsp3) is 0.326. The Labute approximate surface area is 352 Å². The molecule has 0 saturated heterocycles. The van der Waals surface area contributed by atoms with Gasteiger partial charge in [-0.25, -0.2) is 14.3 Å². The van der Waals surface area contributed by atoms with E-state index in [0.29, 0.717) is 17.2 Å². The zero-order chi connectivity index (χ0) is 43.1. The smallest absolute Gasteiger partial charge is 0.408 e. The van der Waals surface area contributed by atoms with E-state index < -0.39 is 23.3 Å². The molecule has 4 amide bonds. The van der Waals surface area contributed by atoms with Crippen LogP contribution in [-0.4, -0.2) is 49.6 Å². The van der Waals surface area contributed by atoms with Crippen molar-refractivity contribution in [1.82, 2.24) is 30.3 Å². The van der Waals surface area contributed by atoms with Crippen LogP contribution in [0, 0.1) is 6.92 Å². The molecule has 0 aliphatic carbocycles. The van der Waals surface area contributed by atoms with Crippen LogP contribution in [0.15, 0.2) is 83.7 Å². The molecule has 0 atom stereocenters. The first-order valence-corrected chi connectivity index (χ1v) is 19.6. The third-order valence-corrected chi connectivity index (χ3v) is 9.52. The molecule has 0 unspecified atom stereocenters. The number of carbonyl (C=O) groups excluding carboxylic acids is 3. The molecule has 2 aromatic heterocycles. The number of anilines is 1. The van der Waals surface area contributed by atoms with Crippen LogP contribution in [-0.2, 0) is 41.2 Å². The fourth-order valence-corrected chi connectivity index (χ4v) is 6.18. The van der Waals surface area contributed by atoms with Crippen molar-refractivity contribution in [2.24, 2.45) is 0 Å². The second-order valence-corrected chi connectivity index (χ2v) is 16.7. The highest BCUT2D eigenvalue weighted by atomic mass is 35.5. The van der Waals surface area contributed by atoms with E-state index in [9.17, 15) is 24.3 Å². The van der Waals surface area contributed by atoms with E-state index in [-0.39, 0.29) is 65.7 Å². The number of urea groups is 1. The topological polar surface area (TPSA) is 178 Å². The van der Waals surface area contributed by atoms with Crippen molar-refractivity contribution in [3.05, 3.63) is 133 Å². The van der Waals surface area contributed by atoms with Gasteiger partial charge in [-0.3, -0.25) is 14.9 Å². The summed E-state index contributed by atoms with van der Waals surface area (Å²) in [5, 5.41) is 25.7. The zero-order valence-corrected chi connectivity index (χ0v) is 35.5. The van der Waals surface area contributed by atoms with Crippen LogP contribution in [0.5, 0.6) is 11.5 Å². The summed E-state index contributed by atoms with van der Waals surface area (Å²) in [7, 11) is 0. The molecule has 0 radical (unpaired) electrons. The molecule has 0 bridgehead atoms. The van der Waals surface area contributed by atoms with Crippen molar-refractivity contribution in [2.45, 2.75) is 85.7 Å². The number of carbonyl (C=O) groups is 3. The van der Waals surface area contributed by atoms with Gasteiger partial charge in [0.15, 0.2) is 0 Å². The summed E-state index contributed by atoms with van der Waals surface area (Å²) in [5.41, 5.74) is 3.67. The molecule has 0 aliphatic rings. The Balaban J connectivity index is 1.20. The van der Waals surface area contributed by atoms with E-state index in [4.69, 9.17) is 37.8 Å². The number of amides is 4. The van der Waals surface area contributed by atoms with Gasteiger partial charge in [0.25, 0.3) is 5.56 Å². The molecule has 0 fully saturated rings. The van der Waals surface area contributed by atoms with E-state index in [1.807, 2.05) is 69.3 Å². The SMILES string of the molecule is Cc1cc(OCc2ccccc2CNC(=O)Nc2cc(C(C)(C)C)nn2-c2ccc(O)c(Cl)c2)c(Cl)c(=O)n1Cc1cccc(CNC(=O)CNC(=O)OC(C)(C)C)c1. The van der Waals surface area contributed by atoms with Gasteiger partial charge < -0.3 is 35.1 Å². The van der Waals surface area contributed by atoms with Gasteiger partial charge in [-0.2, -0.15) is 5.10 Å². The van der Waals surface area contributed by atoms with E-state index in [0.717, 1.165) is 27.9 Å². The number of halogens is 2. The van der Waals surface area contributed by atoms with Crippen molar-refractivity contribution in [3.63, 3.8) is 0 Å². The third kappa shape index (κ3) is 12.3. The van der Waals surface area contributed by atoms with Crippen molar-refractivity contribution < 1.29 is 29.0 Å². The predicted molar refractivity (Wildman–Crippen MR) is 228 cm³/mol. The standard InChI is InChI=1S/C43H49Cl2N7O7/c1-26-17-34(38(45)39(55)51(26)24-28-12-10-11-27(18-28)21-46-37(54)23-48-41(57)59-43(5,6)7)58-25-30-14-9-8-13-29(30)22-47-40(56)49-36-20-35(42(2,3)4)50-52(36)31-15-16-33(53)32(44)19-31/h8-20,53H,21-25H2,1-7H3,(H,46,54)(H,48,57)(H2,47,49,56). The van der Waals surface area contributed by atoms with Crippen LogP contribution in [0.3, 0.4) is 0 Å². The summed E-state index contributed by atoms with van der Waals surface area (Å²) in [6, 6.07) is 22.5. The minimum atomic E-state index is -0.679. The lowest BCUT2D eigenvalue weighted by atomic mass is 9.92.